The average Bonchev–Trinajstić information content (AvgIpc) is 3.03. The highest BCUT2D eigenvalue weighted by molar-refractivity contribution is 5.97. The molecule has 28 heavy (non-hydrogen) atoms. The number of carbonyl (C=O) groups excluding carboxylic acids is 1. The topological polar surface area (TPSA) is 63.5 Å². The second-order valence-corrected chi connectivity index (χ2v) is 7.93. The van der Waals surface area contributed by atoms with Gasteiger partial charge >= 0.3 is 0 Å². The van der Waals surface area contributed by atoms with Gasteiger partial charge in [-0.3, -0.25) is 4.79 Å². The fraction of sp³-hybridized carbons (Fsp3) is 0.571. The van der Waals surface area contributed by atoms with Gasteiger partial charge in [0.05, 0.1) is 12.7 Å². The van der Waals surface area contributed by atoms with Crippen LogP contribution in [-0.4, -0.2) is 70.8 Å². The molecular formula is C21H29N5O2. The van der Waals surface area contributed by atoms with Gasteiger partial charge in [-0.05, 0) is 38.4 Å². The summed E-state index contributed by atoms with van der Waals surface area (Å²) in [6, 6.07) is 5.75. The molecule has 2 aromatic rings. The third-order valence-corrected chi connectivity index (χ3v) is 6.00. The van der Waals surface area contributed by atoms with E-state index in [0.29, 0.717) is 17.9 Å². The number of piperidine rings is 1. The fourth-order valence-electron chi connectivity index (χ4n) is 4.39. The number of aryl methyl sites for hydroxylation is 1. The van der Waals surface area contributed by atoms with Gasteiger partial charge in [0.1, 0.15) is 17.4 Å². The maximum Gasteiger partial charge on any atom is 0.257 e. The number of hydrogen-bond donors (Lipinski definition) is 0. The molecule has 7 nitrogen and oxygen atoms in total. The first-order valence-corrected chi connectivity index (χ1v) is 10.1. The standard InChI is InChI=1S/C21H29N5O2/c1-15-6-4-8-17(19(15)28-3)21(27)25-10-5-7-16(14-25)20-23-22-18-9-11-24(2)12-13-26(18)20/h4,6,8,16H,5,7,9-14H2,1-3H3/t16-/m0/s1. The van der Waals surface area contributed by atoms with Crippen LogP contribution in [0.4, 0.5) is 0 Å². The van der Waals surface area contributed by atoms with Crippen molar-refractivity contribution in [3.63, 3.8) is 0 Å². The van der Waals surface area contributed by atoms with E-state index < -0.39 is 0 Å². The molecule has 0 radical (unpaired) electrons. The van der Waals surface area contributed by atoms with Gasteiger partial charge in [0, 0.05) is 45.1 Å². The number of ether oxygens (including phenoxy) is 1. The van der Waals surface area contributed by atoms with Gasteiger partial charge in [-0.25, -0.2) is 0 Å². The molecule has 0 unspecified atom stereocenters. The van der Waals surface area contributed by atoms with Crippen LogP contribution in [0.3, 0.4) is 0 Å². The summed E-state index contributed by atoms with van der Waals surface area (Å²) in [5.74, 6) is 3.06. The lowest BCUT2D eigenvalue weighted by Gasteiger charge is -2.33. The zero-order valence-corrected chi connectivity index (χ0v) is 17.0. The number of aromatic nitrogens is 3. The molecule has 0 aliphatic carbocycles. The van der Waals surface area contributed by atoms with Crippen LogP contribution in [0.25, 0.3) is 0 Å². The first-order valence-electron chi connectivity index (χ1n) is 10.1. The summed E-state index contributed by atoms with van der Waals surface area (Å²) in [4.78, 5) is 17.5. The highest BCUT2D eigenvalue weighted by atomic mass is 16.5. The third kappa shape index (κ3) is 3.51. The number of amides is 1. The summed E-state index contributed by atoms with van der Waals surface area (Å²) in [5, 5.41) is 8.99. The number of likely N-dealkylation sites (N-methyl/N-ethyl adjacent to an activating group) is 1. The van der Waals surface area contributed by atoms with Crippen molar-refractivity contribution in [2.24, 2.45) is 0 Å². The molecule has 2 aliphatic rings. The number of nitrogens with zero attached hydrogens (tertiary/aromatic N) is 5. The van der Waals surface area contributed by atoms with Gasteiger partial charge < -0.3 is 19.1 Å². The SMILES string of the molecule is COc1c(C)cccc1C(=O)N1CCC[C@H](c2nnc3n2CCN(C)CC3)C1. The van der Waals surface area contributed by atoms with Crippen LogP contribution in [0.15, 0.2) is 18.2 Å². The van der Waals surface area contributed by atoms with Crippen molar-refractivity contribution in [2.45, 2.75) is 38.6 Å². The molecule has 0 N–H and O–H groups in total. The van der Waals surface area contributed by atoms with Crippen LogP contribution in [0.5, 0.6) is 5.75 Å². The Morgan fingerprint density at radius 2 is 2.04 bits per heavy atom. The second-order valence-electron chi connectivity index (χ2n) is 7.93. The largest absolute Gasteiger partial charge is 0.496 e. The molecule has 150 valence electrons. The van der Waals surface area contributed by atoms with E-state index in [1.165, 1.54) is 0 Å². The second kappa shape index (κ2) is 7.91. The van der Waals surface area contributed by atoms with Crippen molar-refractivity contribution >= 4 is 5.91 Å². The zero-order valence-electron chi connectivity index (χ0n) is 17.0. The Morgan fingerprint density at radius 3 is 2.86 bits per heavy atom. The number of likely N-dealkylation sites (tertiary alicyclic amines) is 1. The average molecular weight is 383 g/mol. The number of carbonyl (C=O) groups is 1. The lowest BCUT2D eigenvalue weighted by atomic mass is 9.96. The molecule has 0 spiro atoms. The number of fused-ring (bicyclic) bond motifs is 1. The maximum atomic E-state index is 13.2. The summed E-state index contributed by atoms with van der Waals surface area (Å²) in [7, 11) is 3.77. The van der Waals surface area contributed by atoms with Gasteiger partial charge in [0.25, 0.3) is 5.91 Å². The molecule has 1 fully saturated rings. The van der Waals surface area contributed by atoms with E-state index in [1.54, 1.807) is 7.11 Å². The van der Waals surface area contributed by atoms with Crippen molar-refractivity contribution in [3.8, 4) is 5.75 Å². The van der Waals surface area contributed by atoms with Gasteiger partial charge in [-0.15, -0.1) is 10.2 Å². The van der Waals surface area contributed by atoms with Crippen LogP contribution in [0.1, 0.15) is 46.3 Å². The first kappa shape index (κ1) is 18.9. The van der Waals surface area contributed by atoms with Gasteiger partial charge in [-0.2, -0.15) is 0 Å². The van der Waals surface area contributed by atoms with Crippen LogP contribution in [-0.2, 0) is 13.0 Å². The molecule has 7 heteroatoms. The number of benzene rings is 1. The third-order valence-electron chi connectivity index (χ3n) is 6.00. The van der Waals surface area contributed by atoms with E-state index in [4.69, 9.17) is 4.74 Å². The van der Waals surface area contributed by atoms with Gasteiger partial charge in [-0.1, -0.05) is 12.1 Å². The van der Waals surface area contributed by atoms with Crippen molar-refractivity contribution in [1.29, 1.82) is 0 Å². The van der Waals surface area contributed by atoms with E-state index in [-0.39, 0.29) is 11.8 Å². The Bertz CT molecular complexity index is 862. The minimum Gasteiger partial charge on any atom is -0.496 e. The molecule has 1 aromatic carbocycles. The highest BCUT2D eigenvalue weighted by Crippen LogP contribution is 2.30. The summed E-state index contributed by atoms with van der Waals surface area (Å²) in [6.45, 7) is 6.37. The van der Waals surface area contributed by atoms with Crippen molar-refractivity contribution < 1.29 is 9.53 Å². The Labute approximate surface area is 166 Å². The molecular weight excluding hydrogens is 354 g/mol. The molecule has 1 amide bonds. The molecule has 3 heterocycles. The molecule has 1 atom stereocenters. The fourth-order valence-corrected chi connectivity index (χ4v) is 4.39. The first-order chi connectivity index (χ1) is 13.6. The zero-order chi connectivity index (χ0) is 19.7. The van der Waals surface area contributed by atoms with E-state index in [0.717, 1.165) is 62.7 Å². The maximum absolute atomic E-state index is 13.2. The smallest absolute Gasteiger partial charge is 0.257 e. The molecule has 1 aromatic heterocycles. The van der Waals surface area contributed by atoms with E-state index in [9.17, 15) is 4.79 Å². The van der Waals surface area contributed by atoms with Crippen LogP contribution in [0.2, 0.25) is 0 Å². The normalized spacial score (nSPS) is 20.5. The Kier molecular flexibility index (Phi) is 5.35. The molecule has 2 aliphatic heterocycles. The van der Waals surface area contributed by atoms with Crippen LogP contribution >= 0.6 is 0 Å². The predicted octanol–water partition coefficient (Wildman–Crippen LogP) is 2.10. The Hall–Kier alpha value is -2.41. The number of rotatable bonds is 3. The van der Waals surface area contributed by atoms with E-state index in [1.807, 2.05) is 30.0 Å². The predicted molar refractivity (Wildman–Crippen MR) is 107 cm³/mol. The van der Waals surface area contributed by atoms with Crippen LogP contribution in [0, 0.1) is 6.92 Å². The van der Waals surface area contributed by atoms with E-state index in [2.05, 4.69) is 26.7 Å². The molecule has 0 bridgehead atoms. The quantitative estimate of drug-likeness (QED) is 0.812. The van der Waals surface area contributed by atoms with Crippen molar-refractivity contribution in [2.75, 3.05) is 40.3 Å². The summed E-state index contributed by atoms with van der Waals surface area (Å²) in [5.41, 5.74) is 1.62. The summed E-state index contributed by atoms with van der Waals surface area (Å²) < 4.78 is 7.79. The Morgan fingerprint density at radius 1 is 1.18 bits per heavy atom. The highest BCUT2D eigenvalue weighted by Gasteiger charge is 2.31. The monoisotopic (exact) mass is 383 g/mol. The number of para-hydroxylation sites is 1. The summed E-state index contributed by atoms with van der Waals surface area (Å²) >= 11 is 0. The molecule has 1 saturated heterocycles. The molecule has 4 rings (SSSR count). The minimum absolute atomic E-state index is 0.0422. The lowest BCUT2D eigenvalue weighted by molar-refractivity contribution is 0.0699. The van der Waals surface area contributed by atoms with Gasteiger partial charge in [0.15, 0.2) is 0 Å². The van der Waals surface area contributed by atoms with Crippen molar-refractivity contribution in [3.05, 3.63) is 41.0 Å². The number of methoxy groups -OCH3 is 1. The van der Waals surface area contributed by atoms with Crippen molar-refractivity contribution in [1.82, 2.24) is 24.6 Å². The Balaban J connectivity index is 1.55. The van der Waals surface area contributed by atoms with Gasteiger partial charge in [0.2, 0.25) is 0 Å². The van der Waals surface area contributed by atoms with E-state index >= 15 is 0 Å². The molecule has 0 saturated carbocycles. The number of hydrogen-bond acceptors (Lipinski definition) is 5. The van der Waals surface area contributed by atoms with Crippen LogP contribution < -0.4 is 4.74 Å². The minimum atomic E-state index is 0.0422. The lowest BCUT2D eigenvalue weighted by Crippen LogP contribution is -2.40. The summed E-state index contributed by atoms with van der Waals surface area (Å²) in [6.07, 6.45) is 2.95.